The summed E-state index contributed by atoms with van der Waals surface area (Å²) in [7, 11) is 0. The zero-order valence-electron chi connectivity index (χ0n) is 10.8. The van der Waals surface area contributed by atoms with E-state index in [0.717, 1.165) is 11.4 Å². The average molecular weight is 230 g/mol. The third-order valence-corrected chi connectivity index (χ3v) is 2.75. The summed E-state index contributed by atoms with van der Waals surface area (Å²) in [6, 6.07) is 4.45. The number of nitrogens with zero attached hydrogens (tertiary/aromatic N) is 4. The van der Waals surface area contributed by atoms with E-state index in [-0.39, 0.29) is 0 Å². The third-order valence-electron chi connectivity index (χ3n) is 2.75. The molecule has 0 radical (unpaired) electrons. The lowest BCUT2D eigenvalue weighted by atomic mass is 10.0. The maximum Gasteiger partial charge on any atom is 0.131 e. The summed E-state index contributed by atoms with van der Waals surface area (Å²) in [5.74, 6) is 0.497. The van der Waals surface area contributed by atoms with Crippen LogP contribution in [0.4, 0.5) is 0 Å². The van der Waals surface area contributed by atoms with E-state index in [1.165, 1.54) is 5.56 Å². The maximum absolute atomic E-state index is 4.35. The maximum atomic E-state index is 4.35. The van der Waals surface area contributed by atoms with Crippen LogP contribution in [-0.2, 0) is 0 Å². The van der Waals surface area contributed by atoms with Gasteiger partial charge in [0.05, 0.1) is 11.9 Å². The summed E-state index contributed by atoms with van der Waals surface area (Å²) in [5.41, 5.74) is 3.00. The van der Waals surface area contributed by atoms with Gasteiger partial charge in [-0.3, -0.25) is 4.98 Å². The first-order chi connectivity index (χ1) is 8.08. The van der Waals surface area contributed by atoms with Gasteiger partial charge in [0.2, 0.25) is 0 Å². The zero-order valence-corrected chi connectivity index (χ0v) is 10.8. The third kappa shape index (κ3) is 2.52. The minimum atomic E-state index is 0.324. The molecule has 4 heteroatoms. The molecule has 0 aliphatic carbocycles. The molecule has 0 saturated heterocycles. The molecule has 4 nitrogen and oxygen atoms in total. The van der Waals surface area contributed by atoms with Crippen molar-refractivity contribution < 1.29 is 0 Å². The predicted molar refractivity (Wildman–Crippen MR) is 67.7 cm³/mol. The Bertz CT molecular complexity index is 500. The molecular formula is C13H18N4. The molecule has 0 unspecified atom stereocenters. The van der Waals surface area contributed by atoms with Crippen LogP contribution in [0.1, 0.15) is 45.2 Å². The Morgan fingerprint density at radius 2 is 1.88 bits per heavy atom. The van der Waals surface area contributed by atoms with E-state index >= 15 is 0 Å². The van der Waals surface area contributed by atoms with Gasteiger partial charge in [0, 0.05) is 12.2 Å². The Labute approximate surface area is 102 Å². The highest BCUT2D eigenvalue weighted by molar-refractivity contribution is 5.53. The quantitative estimate of drug-likeness (QED) is 0.814. The highest BCUT2D eigenvalue weighted by atomic mass is 15.4. The molecule has 2 rings (SSSR count). The van der Waals surface area contributed by atoms with Crippen molar-refractivity contribution in [1.82, 2.24) is 20.0 Å². The molecule has 2 heterocycles. The Kier molecular flexibility index (Phi) is 3.22. The van der Waals surface area contributed by atoms with Crippen LogP contribution >= 0.6 is 0 Å². The van der Waals surface area contributed by atoms with E-state index in [1.54, 1.807) is 0 Å². The average Bonchev–Trinajstić information content (AvgIpc) is 2.78. The smallest absolute Gasteiger partial charge is 0.131 e. The number of hydrogen-bond donors (Lipinski definition) is 0. The lowest BCUT2D eigenvalue weighted by Gasteiger charge is -2.05. The lowest BCUT2D eigenvalue weighted by molar-refractivity contribution is 0.514. The fourth-order valence-electron chi connectivity index (χ4n) is 1.59. The van der Waals surface area contributed by atoms with Gasteiger partial charge in [-0.15, -0.1) is 5.10 Å². The van der Waals surface area contributed by atoms with Crippen LogP contribution in [-0.4, -0.2) is 20.0 Å². The Morgan fingerprint density at radius 3 is 2.47 bits per heavy atom. The minimum absolute atomic E-state index is 0.324. The van der Waals surface area contributed by atoms with Crippen molar-refractivity contribution in [3.63, 3.8) is 0 Å². The molecule has 0 aliphatic heterocycles. The Morgan fingerprint density at radius 1 is 1.12 bits per heavy atom. The van der Waals surface area contributed by atoms with Gasteiger partial charge in [0.15, 0.2) is 0 Å². The number of hydrogen-bond acceptors (Lipinski definition) is 3. The van der Waals surface area contributed by atoms with Crippen LogP contribution in [0.25, 0.3) is 11.4 Å². The van der Waals surface area contributed by atoms with Crippen LogP contribution in [0.15, 0.2) is 24.5 Å². The van der Waals surface area contributed by atoms with E-state index in [9.17, 15) is 0 Å². The molecule has 17 heavy (non-hydrogen) atoms. The van der Waals surface area contributed by atoms with Gasteiger partial charge in [0.25, 0.3) is 0 Å². The van der Waals surface area contributed by atoms with Gasteiger partial charge in [-0.1, -0.05) is 19.1 Å². The summed E-state index contributed by atoms with van der Waals surface area (Å²) in [5, 5.41) is 8.25. The van der Waals surface area contributed by atoms with Crippen LogP contribution in [0.3, 0.4) is 0 Å². The zero-order chi connectivity index (χ0) is 12.4. The van der Waals surface area contributed by atoms with Gasteiger partial charge in [-0.25, -0.2) is 4.68 Å². The number of rotatable bonds is 3. The van der Waals surface area contributed by atoms with E-state index in [0.29, 0.717) is 12.0 Å². The number of aromatic nitrogens is 4. The molecule has 2 aromatic rings. The Hall–Kier alpha value is -1.71. The fourth-order valence-corrected chi connectivity index (χ4v) is 1.59. The summed E-state index contributed by atoms with van der Waals surface area (Å²) in [6.45, 7) is 8.50. The van der Waals surface area contributed by atoms with E-state index in [1.807, 2.05) is 23.1 Å². The largest absolute Gasteiger partial charge is 0.254 e. The van der Waals surface area contributed by atoms with Gasteiger partial charge in [-0.05, 0) is 37.5 Å². The summed E-state index contributed by atoms with van der Waals surface area (Å²) in [4.78, 5) is 4.35. The second kappa shape index (κ2) is 4.65. The lowest BCUT2D eigenvalue weighted by Crippen LogP contribution is -2.00. The molecule has 90 valence electrons. The normalized spacial score (nSPS) is 11.4. The molecule has 2 aromatic heterocycles. The van der Waals surface area contributed by atoms with Crippen molar-refractivity contribution in [1.29, 1.82) is 0 Å². The second-order valence-corrected chi connectivity index (χ2v) is 4.81. The molecule has 0 amide bonds. The molecule has 0 spiro atoms. The van der Waals surface area contributed by atoms with Gasteiger partial charge in [-0.2, -0.15) is 0 Å². The molecule has 0 bridgehead atoms. The topological polar surface area (TPSA) is 43.6 Å². The van der Waals surface area contributed by atoms with E-state index in [4.69, 9.17) is 0 Å². The van der Waals surface area contributed by atoms with Crippen molar-refractivity contribution >= 4 is 0 Å². The molecule has 0 fully saturated rings. The number of pyridine rings is 1. The van der Waals surface area contributed by atoms with E-state index in [2.05, 4.69) is 49.1 Å². The molecule has 0 N–H and O–H groups in total. The van der Waals surface area contributed by atoms with Gasteiger partial charge in [0.1, 0.15) is 5.69 Å². The SMILES string of the molecule is CC(C)c1ccnc(-c2cn(C(C)C)nn2)c1. The highest BCUT2D eigenvalue weighted by Gasteiger charge is 2.08. The van der Waals surface area contributed by atoms with Crippen molar-refractivity contribution in [2.24, 2.45) is 0 Å². The summed E-state index contributed by atoms with van der Waals surface area (Å²) in [6.07, 6.45) is 3.77. The van der Waals surface area contributed by atoms with Crippen LogP contribution in [0.2, 0.25) is 0 Å². The fraction of sp³-hybridized carbons (Fsp3) is 0.462. The van der Waals surface area contributed by atoms with Crippen molar-refractivity contribution in [2.75, 3.05) is 0 Å². The molecule has 0 aliphatic rings. The first-order valence-electron chi connectivity index (χ1n) is 5.96. The highest BCUT2D eigenvalue weighted by Crippen LogP contribution is 2.20. The predicted octanol–water partition coefficient (Wildman–Crippen LogP) is 3.04. The van der Waals surface area contributed by atoms with Crippen LogP contribution < -0.4 is 0 Å². The first-order valence-corrected chi connectivity index (χ1v) is 5.96. The molecular weight excluding hydrogens is 212 g/mol. The Balaban J connectivity index is 2.35. The first kappa shape index (κ1) is 11.8. The van der Waals surface area contributed by atoms with E-state index < -0.39 is 0 Å². The van der Waals surface area contributed by atoms with Crippen molar-refractivity contribution in [3.05, 3.63) is 30.1 Å². The molecule has 0 saturated carbocycles. The van der Waals surface area contributed by atoms with Gasteiger partial charge < -0.3 is 0 Å². The molecule has 0 aromatic carbocycles. The summed E-state index contributed by atoms with van der Waals surface area (Å²) < 4.78 is 1.85. The van der Waals surface area contributed by atoms with Crippen molar-refractivity contribution in [3.8, 4) is 11.4 Å². The monoisotopic (exact) mass is 230 g/mol. The van der Waals surface area contributed by atoms with Gasteiger partial charge >= 0.3 is 0 Å². The van der Waals surface area contributed by atoms with Crippen LogP contribution in [0.5, 0.6) is 0 Å². The van der Waals surface area contributed by atoms with Crippen LogP contribution in [0, 0.1) is 0 Å². The second-order valence-electron chi connectivity index (χ2n) is 4.81. The van der Waals surface area contributed by atoms with Crippen molar-refractivity contribution in [2.45, 2.75) is 39.7 Å². The molecule has 0 atom stereocenters. The minimum Gasteiger partial charge on any atom is -0.254 e. The summed E-state index contributed by atoms with van der Waals surface area (Å²) >= 11 is 0. The standard InChI is InChI=1S/C13H18N4/c1-9(2)11-5-6-14-12(7-11)13-8-17(10(3)4)16-15-13/h5-10H,1-4H3.